The maximum atomic E-state index is 6.04. The van der Waals surface area contributed by atoms with E-state index in [4.69, 9.17) is 10.3 Å². The fraction of sp³-hybridized carbons (Fsp3) is 0.500. The maximum absolute atomic E-state index is 6.04. The summed E-state index contributed by atoms with van der Waals surface area (Å²) in [5.74, 6) is 0. The van der Waals surface area contributed by atoms with Gasteiger partial charge in [0.2, 0.25) is 0 Å². The van der Waals surface area contributed by atoms with Gasteiger partial charge in [-0.2, -0.15) is 0 Å². The average molecular weight is 230 g/mol. The second-order valence-corrected chi connectivity index (χ2v) is 5.14. The molecule has 0 bridgehead atoms. The number of aryl methyl sites for hydroxylation is 1. The molecule has 3 rings (SSSR count). The first-order valence-corrected chi connectivity index (χ1v) is 6.32. The zero-order valence-electron chi connectivity index (χ0n) is 10.2. The van der Waals surface area contributed by atoms with E-state index in [2.05, 4.69) is 23.4 Å². The Hall–Kier alpha value is -1.35. The fourth-order valence-corrected chi connectivity index (χ4v) is 3.14. The lowest BCUT2D eigenvalue weighted by atomic mass is 9.78. The Labute approximate surface area is 101 Å². The van der Waals surface area contributed by atoms with Gasteiger partial charge in [0.15, 0.2) is 5.58 Å². The van der Waals surface area contributed by atoms with Crippen molar-refractivity contribution in [1.29, 1.82) is 0 Å². The van der Waals surface area contributed by atoms with Crippen LogP contribution >= 0.6 is 0 Å². The SMILES string of the molecule is Cc1noc2c(C3(CN)CCCC3)cccc12. The van der Waals surface area contributed by atoms with Gasteiger partial charge >= 0.3 is 0 Å². The van der Waals surface area contributed by atoms with E-state index >= 15 is 0 Å². The second-order valence-electron chi connectivity index (χ2n) is 5.14. The van der Waals surface area contributed by atoms with Crippen LogP contribution in [0.5, 0.6) is 0 Å². The van der Waals surface area contributed by atoms with Crippen LogP contribution in [0.25, 0.3) is 11.0 Å². The van der Waals surface area contributed by atoms with Crippen molar-refractivity contribution in [2.45, 2.75) is 38.0 Å². The predicted molar refractivity (Wildman–Crippen MR) is 67.9 cm³/mol. The zero-order valence-corrected chi connectivity index (χ0v) is 10.2. The third-order valence-electron chi connectivity index (χ3n) is 4.20. The monoisotopic (exact) mass is 230 g/mol. The number of fused-ring (bicyclic) bond motifs is 1. The maximum Gasteiger partial charge on any atom is 0.170 e. The molecule has 17 heavy (non-hydrogen) atoms. The summed E-state index contributed by atoms with van der Waals surface area (Å²) in [5.41, 5.74) is 9.32. The number of benzene rings is 1. The molecular weight excluding hydrogens is 212 g/mol. The van der Waals surface area contributed by atoms with Gasteiger partial charge in [-0.05, 0) is 25.8 Å². The fourth-order valence-electron chi connectivity index (χ4n) is 3.14. The van der Waals surface area contributed by atoms with Gasteiger partial charge in [-0.25, -0.2) is 0 Å². The highest BCUT2D eigenvalue weighted by Crippen LogP contribution is 2.43. The number of rotatable bonds is 2. The summed E-state index contributed by atoms with van der Waals surface area (Å²) in [5, 5.41) is 5.20. The number of aromatic nitrogens is 1. The lowest BCUT2D eigenvalue weighted by Crippen LogP contribution is -2.32. The molecule has 2 aromatic rings. The molecule has 1 aromatic heterocycles. The van der Waals surface area contributed by atoms with Crippen LogP contribution in [0.1, 0.15) is 36.9 Å². The summed E-state index contributed by atoms with van der Waals surface area (Å²) >= 11 is 0. The van der Waals surface area contributed by atoms with Crippen molar-refractivity contribution in [3.05, 3.63) is 29.5 Å². The van der Waals surface area contributed by atoms with E-state index in [0.29, 0.717) is 6.54 Å². The standard InChI is InChI=1S/C14H18N2O/c1-10-11-5-4-6-12(13(11)17-16-10)14(9-15)7-2-3-8-14/h4-6H,2-3,7-9,15H2,1H3. The van der Waals surface area contributed by atoms with E-state index in [1.807, 2.05) is 6.92 Å². The Morgan fingerprint density at radius 2 is 2.12 bits per heavy atom. The smallest absolute Gasteiger partial charge is 0.170 e. The van der Waals surface area contributed by atoms with Gasteiger partial charge in [-0.3, -0.25) is 0 Å². The molecule has 3 nitrogen and oxygen atoms in total. The van der Waals surface area contributed by atoms with Gasteiger partial charge in [0.1, 0.15) is 0 Å². The summed E-state index contributed by atoms with van der Waals surface area (Å²) < 4.78 is 5.51. The Kier molecular flexibility index (Phi) is 2.44. The average Bonchev–Trinajstić information content (AvgIpc) is 2.97. The molecule has 1 aromatic carbocycles. The Morgan fingerprint density at radius 1 is 1.35 bits per heavy atom. The molecule has 1 heterocycles. The van der Waals surface area contributed by atoms with E-state index in [1.54, 1.807) is 0 Å². The lowest BCUT2D eigenvalue weighted by Gasteiger charge is -2.27. The molecule has 1 aliphatic carbocycles. The van der Waals surface area contributed by atoms with Crippen LogP contribution in [0.4, 0.5) is 0 Å². The van der Waals surface area contributed by atoms with Crippen LogP contribution in [0.3, 0.4) is 0 Å². The van der Waals surface area contributed by atoms with Gasteiger partial charge in [0.25, 0.3) is 0 Å². The summed E-state index contributed by atoms with van der Waals surface area (Å²) in [7, 11) is 0. The molecule has 0 spiro atoms. The van der Waals surface area contributed by atoms with E-state index in [1.165, 1.54) is 31.2 Å². The van der Waals surface area contributed by atoms with Crippen molar-refractivity contribution in [3.63, 3.8) is 0 Å². The number of nitrogens with zero attached hydrogens (tertiary/aromatic N) is 1. The molecule has 0 saturated heterocycles. The van der Waals surface area contributed by atoms with Gasteiger partial charge < -0.3 is 10.3 Å². The number of hydrogen-bond donors (Lipinski definition) is 1. The van der Waals surface area contributed by atoms with Gasteiger partial charge in [-0.15, -0.1) is 0 Å². The van der Waals surface area contributed by atoms with Crippen LogP contribution in [-0.4, -0.2) is 11.7 Å². The summed E-state index contributed by atoms with van der Waals surface area (Å²) in [6.07, 6.45) is 4.87. The summed E-state index contributed by atoms with van der Waals surface area (Å²) in [4.78, 5) is 0. The summed E-state index contributed by atoms with van der Waals surface area (Å²) in [6.45, 7) is 2.69. The van der Waals surface area contributed by atoms with Crippen molar-refractivity contribution < 1.29 is 4.52 Å². The van der Waals surface area contributed by atoms with Gasteiger partial charge in [-0.1, -0.05) is 30.1 Å². The van der Waals surface area contributed by atoms with Crippen molar-refractivity contribution in [3.8, 4) is 0 Å². The highest BCUT2D eigenvalue weighted by molar-refractivity contribution is 5.83. The van der Waals surface area contributed by atoms with Crippen molar-refractivity contribution >= 4 is 11.0 Å². The molecule has 1 fully saturated rings. The van der Waals surface area contributed by atoms with E-state index < -0.39 is 0 Å². The number of para-hydroxylation sites is 1. The summed E-state index contributed by atoms with van der Waals surface area (Å²) in [6, 6.07) is 6.33. The first-order chi connectivity index (χ1) is 8.27. The normalized spacial score (nSPS) is 18.9. The van der Waals surface area contributed by atoms with Crippen LogP contribution in [-0.2, 0) is 5.41 Å². The molecule has 90 valence electrons. The molecule has 2 N–H and O–H groups in total. The minimum Gasteiger partial charge on any atom is -0.356 e. The Morgan fingerprint density at radius 3 is 2.82 bits per heavy atom. The highest BCUT2D eigenvalue weighted by Gasteiger charge is 2.36. The van der Waals surface area contributed by atoms with Crippen LogP contribution in [0.2, 0.25) is 0 Å². The third kappa shape index (κ3) is 1.49. The molecule has 3 heteroatoms. The second kappa shape index (κ2) is 3.84. The van der Waals surface area contributed by atoms with Crippen molar-refractivity contribution in [2.24, 2.45) is 5.73 Å². The number of nitrogens with two attached hydrogens (primary N) is 1. The Balaban J connectivity index is 2.22. The lowest BCUT2D eigenvalue weighted by molar-refractivity contribution is 0.418. The van der Waals surface area contributed by atoms with Gasteiger partial charge in [0, 0.05) is 22.9 Å². The van der Waals surface area contributed by atoms with Crippen LogP contribution in [0.15, 0.2) is 22.7 Å². The first kappa shape index (κ1) is 10.8. The van der Waals surface area contributed by atoms with Crippen molar-refractivity contribution in [2.75, 3.05) is 6.54 Å². The van der Waals surface area contributed by atoms with E-state index in [9.17, 15) is 0 Å². The quantitative estimate of drug-likeness (QED) is 0.863. The molecule has 0 unspecified atom stereocenters. The van der Waals surface area contributed by atoms with E-state index in [-0.39, 0.29) is 5.41 Å². The number of hydrogen-bond acceptors (Lipinski definition) is 3. The zero-order chi connectivity index (χ0) is 11.9. The molecule has 0 atom stereocenters. The van der Waals surface area contributed by atoms with Gasteiger partial charge in [0.05, 0.1) is 5.69 Å². The largest absolute Gasteiger partial charge is 0.356 e. The minimum atomic E-state index is 0.117. The highest BCUT2D eigenvalue weighted by atomic mass is 16.5. The molecule has 1 saturated carbocycles. The topological polar surface area (TPSA) is 52.0 Å². The Bertz CT molecular complexity index is 538. The van der Waals surface area contributed by atoms with Crippen LogP contribution < -0.4 is 5.73 Å². The first-order valence-electron chi connectivity index (χ1n) is 6.32. The van der Waals surface area contributed by atoms with Crippen molar-refractivity contribution in [1.82, 2.24) is 5.16 Å². The molecule has 0 aliphatic heterocycles. The van der Waals surface area contributed by atoms with E-state index in [0.717, 1.165) is 16.7 Å². The van der Waals surface area contributed by atoms with Crippen LogP contribution in [0, 0.1) is 6.92 Å². The molecule has 1 aliphatic rings. The predicted octanol–water partition coefficient (Wildman–Crippen LogP) is 2.91. The molecule has 0 radical (unpaired) electrons. The molecule has 0 amide bonds. The minimum absolute atomic E-state index is 0.117. The third-order valence-corrected chi connectivity index (χ3v) is 4.20. The molecular formula is C14H18N2O.